The number of amides is 1. The second kappa shape index (κ2) is 8.01. The van der Waals surface area contributed by atoms with E-state index in [9.17, 15) is 22.8 Å². The lowest BCUT2D eigenvalue weighted by Crippen LogP contribution is -2.32. The minimum Gasteiger partial charge on any atom is -0.480 e. The molecule has 0 fully saturated rings. The molecule has 0 saturated heterocycles. The Morgan fingerprint density at radius 1 is 1.08 bits per heavy atom. The van der Waals surface area contributed by atoms with Gasteiger partial charge in [-0.2, -0.15) is 13.2 Å². The van der Waals surface area contributed by atoms with Crippen molar-refractivity contribution < 1.29 is 27.9 Å². The lowest BCUT2D eigenvalue weighted by Gasteiger charge is -2.10. The predicted octanol–water partition coefficient (Wildman–Crippen LogP) is 2.59. The number of alkyl halides is 3. The Morgan fingerprint density at radius 3 is 2.27 bits per heavy atom. The van der Waals surface area contributed by atoms with Crippen LogP contribution in [0.1, 0.15) is 27.0 Å². The van der Waals surface area contributed by atoms with Gasteiger partial charge in [-0.1, -0.05) is 30.3 Å². The molecule has 0 bridgehead atoms. The summed E-state index contributed by atoms with van der Waals surface area (Å²) in [5.74, 6) is -1.71. The molecule has 0 aliphatic carbocycles. The van der Waals surface area contributed by atoms with Crippen LogP contribution in [0, 0.1) is 0 Å². The average molecular weight is 366 g/mol. The van der Waals surface area contributed by atoms with Crippen LogP contribution in [-0.4, -0.2) is 23.0 Å². The molecule has 0 radical (unpaired) electrons. The van der Waals surface area contributed by atoms with Crippen LogP contribution < -0.4 is 11.1 Å². The topological polar surface area (TPSA) is 92.4 Å². The summed E-state index contributed by atoms with van der Waals surface area (Å²) in [7, 11) is 0. The normalized spacial score (nSPS) is 12.5. The monoisotopic (exact) mass is 366 g/mol. The van der Waals surface area contributed by atoms with Gasteiger partial charge < -0.3 is 16.2 Å². The number of hydrogen-bond acceptors (Lipinski definition) is 3. The Labute approximate surface area is 147 Å². The molecule has 0 unspecified atom stereocenters. The zero-order valence-corrected chi connectivity index (χ0v) is 13.6. The lowest BCUT2D eigenvalue weighted by molar-refractivity contribution is -0.139. The van der Waals surface area contributed by atoms with E-state index < -0.39 is 29.7 Å². The Morgan fingerprint density at radius 2 is 1.69 bits per heavy atom. The van der Waals surface area contributed by atoms with E-state index in [4.69, 9.17) is 10.8 Å². The number of hydrogen-bond donors (Lipinski definition) is 3. The van der Waals surface area contributed by atoms with E-state index in [0.717, 1.165) is 23.3 Å². The summed E-state index contributed by atoms with van der Waals surface area (Å²) in [4.78, 5) is 22.8. The number of carbonyl (C=O) groups is 2. The smallest absolute Gasteiger partial charge is 0.416 e. The molecule has 26 heavy (non-hydrogen) atoms. The standard InChI is InChI=1S/C18H17F3N2O3/c19-18(20,21)14-3-1-2-13(9-14)16(24)23-10-12-6-4-11(5-7-12)8-15(22)17(25)26/h1-7,9,15H,8,10,22H2,(H,23,24)(H,25,26)/t15-/m0/s1. The van der Waals surface area contributed by atoms with Gasteiger partial charge in [-0.3, -0.25) is 9.59 Å². The quantitative estimate of drug-likeness (QED) is 0.733. The first-order chi connectivity index (χ1) is 12.2. The van der Waals surface area contributed by atoms with E-state index in [1.54, 1.807) is 24.3 Å². The number of nitrogens with two attached hydrogens (primary N) is 1. The molecule has 0 aliphatic rings. The van der Waals surface area contributed by atoms with Crippen molar-refractivity contribution in [3.63, 3.8) is 0 Å². The second-order valence-electron chi connectivity index (χ2n) is 5.73. The number of aliphatic carboxylic acids is 1. The molecule has 0 aromatic heterocycles. The number of carboxylic acids is 1. The van der Waals surface area contributed by atoms with Crippen molar-refractivity contribution in [3.05, 3.63) is 70.8 Å². The molecule has 0 heterocycles. The summed E-state index contributed by atoms with van der Waals surface area (Å²) >= 11 is 0. The molecule has 2 rings (SSSR count). The molecule has 8 heteroatoms. The minimum absolute atomic E-state index is 0.0797. The van der Waals surface area contributed by atoms with E-state index >= 15 is 0 Å². The van der Waals surface area contributed by atoms with Gasteiger partial charge in [0, 0.05) is 12.1 Å². The third-order valence-corrected chi connectivity index (χ3v) is 3.70. The maximum absolute atomic E-state index is 12.7. The molecule has 2 aromatic carbocycles. The van der Waals surface area contributed by atoms with Gasteiger partial charge in [0.15, 0.2) is 0 Å². The maximum Gasteiger partial charge on any atom is 0.416 e. The first kappa shape index (κ1) is 19.5. The van der Waals surface area contributed by atoms with Crippen molar-refractivity contribution in [2.45, 2.75) is 25.2 Å². The summed E-state index contributed by atoms with van der Waals surface area (Å²) in [5, 5.41) is 11.3. The summed E-state index contributed by atoms with van der Waals surface area (Å²) in [5.41, 5.74) is 5.94. The molecular weight excluding hydrogens is 349 g/mol. The number of rotatable bonds is 6. The number of carboxylic acid groups (broad SMARTS) is 1. The van der Waals surface area contributed by atoms with Crippen molar-refractivity contribution in [2.24, 2.45) is 5.73 Å². The molecule has 0 aliphatic heterocycles. The highest BCUT2D eigenvalue weighted by molar-refractivity contribution is 5.94. The number of halogens is 3. The minimum atomic E-state index is -4.51. The highest BCUT2D eigenvalue weighted by Crippen LogP contribution is 2.29. The predicted molar refractivity (Wildman–Crippen MR) is 88.4 cm³/mol. The van der Waals surface area contributed by atoms with Gasteiger partial charge in [0.25, 0.3) is 5.91 Å². The highest BCUT2D eigenvalue weighted by atomic mass is 19.4. The molecule has 0 spiro atoms. The zero-order valence-electron chi connectivity index (χ0n) is 13.6. The van der Waals surface area contributed by atoms with Gasteiger partial charge >= 0.3 is 12.1 Å². The lowest BCUT2D eigenvalue weighted by atomic mass is 10.0. The van der Waals surface area contributed by atoms with Gasteiger partial charge in [0.2, 0.25) is 0 Å². The van der Waals surface area contributed by atoms with Gasteiger partial charge in [-0.15, -0.1) is 0 Å². The fourth-order valence-corrected chi connectivity index (χ4v) is 2.26. The van der Waals surface area contributed by atoms with Crippen molar-refractivity contribution in [2.75, 3.05) is 0 Å². The SMILES string of the molecule is N[C@@H](Cc1ccc(CNC(=O)c2cccc(C(F)(F)F)c2)cc1)C(=O)O. The molecule has 138 valence electrons. The molecule has 2 aromatic rings. The number of benzene rings is 2. The molecular formula is C18H17F3N2O3. The third-order valence-electron chi connectivity index (χ3n) is 3.70. The van der Waals surface area contributed by atoms with E-state index in [2.05, 4.69) is 5.32 Å². The van der Waals surface area contributed by atoms with Gasteiger partial charge in [-0.05, 0) is 35.7 Å². The van der Waals surface area contributed by atoms with Crippen LogP contribution in [0.5, 0.6) is 0 Å². The van der Waals surface area contributed by atoms with Gasteiger partial charge in [0.1, 0.15) is 6.04 Å². The van der Waals surface area contributed by atoms with Crippen LogP contribution in [0.3, 0.4) is 0 Å². The Hall–Kier alpha value is -2.87. The van der Waals surface area contributed by atoms with Crippen LogP contribution in [0.2, 0.25) is 0 Å². The molecule has 4 N–H and O–H groups in total. The van der Waals surface area contributed by atoms with Crippen molar-refractivity contribution in [1.29, 1.82) is 0 Å². The zero-order chi connectivity index (χ0) is 19.3. The summed E-state index contributed by atoms with van der Waals surface area (Å²) in [6.07, 6.45) is -4.34. The number of nitrogens with one attached hydrogen (secondary N) is 1. The first-order valence-electron chi connectivity index (χ1n) is 7.68. The molecule has 5 nitrogen and oxygen atoms in total. The van der Waals surface area contributed by atoms with E-state index in [-0.39, 0.29) is 18.5 Å². The van der Waals surface area contributed by atoms with E-state index in [1.165, 1.54) is 12.1 Å². The summed E-state index contributed by atoms with van der Waals surface area (Å²) in [6.45, 7) is 0.125. The highest BCUT2D eigenvalue weighted by Gasteiger charge is 2.30. The van der Waals surface area contributed by atoms with Crippen LogP contribution >= 0.6 is 0 Å². The van der Waals surface area contributed by atoms with E-state index in [0.29, 0.717) is 0 Å². The first-order valence-corrected chi connectivity index (χ1v) is 7.68. The van der Waals surface area contributed by atoms with Crippen molar-refractivity contribution >= 4 is 11.9 Å². The Balaban J connectivity index is 1.96. The second-order valence-corrected chi connectivity index (χ2v) is 5.73. The van der Waals surface area contributed by atoms with Crippen LogP contribution in [-0.2, 0) is 23.9 Å². The summed E-state index contributed by atoms with van der Waals surface area (Å²) < 4.78 is 38.0. The Kier molecular flexibility index (Phi) is 5.99. The van der Waals surface area contributed by atoms with Crippen LogP contribution in [0.15, 0.2) is 48.5 Å². The molecule has 1 atom stereocenters. The van der Waals surface area contributed by atoms with Gasteiger partial charge in [-0.25, -0.2) is 0 Å². The van der Waals surface area contributed by atoms with Crippen molar-refractivity contribution in [3.8, 4) is 0 Å². The third kappa shape index (κ3) is 5.32. The molecule has 1 amide bonds. The van der Waals surface area contributed by atoms with Gasteiger partial charge in [0.05, 0.1) is 5.56 Å². The average Bonchev–Trinajstić information content (AvgIpc) is 2.60. The van der Waals surface area contributed by atoms with E-state index in [1.807, 2.05) is 0 Å². The van der Waals surface area contributed by atoms with Crippen LogP contribution in [0.25, 0.3) is 0 Å². The maximum atomic E-state index is 12.7. The summed E-state index contributed by atoms with van der Waals surface area (Å²) in [6, 6.07) is 9.94. The van der Waals surface area contributed by atoms with Crippen molar-refractivity contribution in [1.82, 2.24) is 5.32 Å². The van der Waals surface area contributed by atoms with Crippen LogP contribution in [0.4, 0.5) is 13.2 Å². The molecule has 0 saturated carbocycles. The fourth-order valence-electron chi connectivity index (χ4n) is 2.26. The Bertz CT molecular complexity index is 789. The largest absolute Gasteiger partial charge is 0.480 e. The fraction of sp³-hybridized carbons (Fsp3) is 0.222. The number of carbonyl (C=O) groups excluding carboxylic acids is 1.